The SMILES string of the molecule is CC(=O)OC1NCC1=O. The molecule has 1 aliphatic rings. The van der Waals surface area contributed by atoms with Gasteiger partial charge in [0, 0.05) is 6.92 Å². The second-order valence-electron chi connectivity index (χ2n) is 1.84. The Morgan fingerprint density at radius 2 is 2.56 bits per heavy atom. The molecule has 1 aliphatic heterocycles. The first-order valence-corrected chi connectivity index (χ1v) is 2.63. The lowest BCUT2D eigenvalue weighted by Gasteiger charge is -2.24. The Morgan fingerprint density at radius 1 is 1.89 bits per heavy atom. The zero-order chi connectivity index (χ0) is 6.85. The average Bonchev–Trinajstić information content (AvgIpc) is 1.79. The summed E-state index contributed by atoms with van der Waals surface area (Å²) in [6, 6.07) is 0. The van der Waals surface area contributed by atoms with E-state index >= 15 is 0 Å². The number of Topliss-reactive ketones (excluding diaryl/α,β-unsaturated/α-hetero) is 1. The normalized spacial score (nSPS) is 25.0. The van der Waals surface area contributed by atoms with Crippen molar-refractivity contribution in [1.29, 1.82) is 0 Å². The third-order valence-electron chi connectivity index (χ3n) is 1.04. The van der Waals surface area contributed by atoms with Crippen molar-refractivity contribution in [3.8, 4) is 0 Å². The molecule has 1 saturated heterocycles. The molecule has 9 heavy (non-hydrogen) atoms. The van der Waals surface area contributed by atoms with Gasteiger partial charge in [0.25, 0.3) is 0 Å². The molecule has 4 nitrogen and oxygen atoms in total. The Balaban J connectivity index is 2.29. The minimum Gasteiger partial charge on any atom is -0.439 e. The number of nitrogens with one attached hydrogen (secondary N) is 1. The van der Waals surface area contributed by atoms with E-state index < -0.39 is 12.2 Å². The first-order valence-electron chi connectivity index (χ1n) is 2.63. The molecule has 0 spiro atoms. The van der Waals surface area contributed by atoms with E-state index in [1.54, 1.807) is 0 Å². The van der Waals surface area contributed by atoms with E-state index in [9.17, 15) is 9.59 Å². The molecule has 0 amide bonds. The van der Waals surface area contributed by atoms with Crippen LogP contribution < -0.4 is 5.32 Å². The van der Waals surface area contributed by atoms with Crippen LogP contribution in [0.1, 0.15) is 6.92 Å². The molecule has 1 atom stereocenters. The van der Waals surface area contributed by atoms with Crippen LogP contribution in [0.5, 0.6) is 0 Å². The van der Waals surface area contributed by atoms with Crippen molar-refractivity contribution in [2.45, 2.75) is 13.2 Å². The van der Waals surface area contributed by atoms with Gasteiger partial charge >= 0.3 is 5.97 Å². The van der Waals surface area contributed by atoms with Gasteiger partial charge in [0.15, 0.2) is 0 Å². The van der Waals surface area contributed by atoms with Gasteiger partial charge in [0.1, 0.15) is 0 Å². The maximum absolute atomic E-state index is 10.4. The van der Waals surface area contributed by atoms with Crippen LogP contribution in [0.15, 0.2) is 0 Å². The Hall–Kier alpha value is -0.900. The minimum atomic E-state index is -0.664. The van der Waals surface area contributed by atoms with Crippen molar-refractivity contribution in [3.63, 3.8) is 0 Å². The number of ketones is 1. The predicted octanol–water partition coefficient (Wildman–Crippen LogP) is -0.952. The fraction of sp³-hybridized carbons (Fsp3) is 0.600. The number of carbonyl (C=O) groups is 2. The monoisotopic (exact) mass is 129 g/mol. The molecule has 1 heterocycles. The number of rotatable bonds is 1. The summed E-state index contributed by atoms with van der Waals surface area (Å²) in [6.07, 6.45) is -0.664. The third-order valence-corrected chi connectivity index (χ3v) is 1.04. The van der Waals surface area contributed by atoms with Crippen LogP contribution in [0, 0.1) is 0 Å². The number of ether oxygens (including phenoxy) is 1. The van der Waals surface area contributed by atoms with E-state index in [1.807, 2.05) is 0 Å². The maximum atomic E-state index is 10.4. The second-order valence-corrected chi connectivity index (χ2v) is 1.84. The summed E-state index contributed by atoms with van der Waals surface area (Å²) >= 11 is 0. The number of carbonyl (C=O) groups excluding carboxylic acids is 2. The van der Waals surface area contributed by atoms with Gasteiger partial charge in [-0.2, -0.15) is 0 Å². The largest absolute Gasteiger partial charge is 0.439 e. The van der Waals surface area contributed by atoms with Crippen molar-refractivity contribution in [3.05, 3.63) is 0 Å². The lowest BCUT2D eigenvalue weighted by molar-refractivity contribution is -0.160. The van der Waals surface area contributed by atoms with E-state index in [-0.39, 0.29) is 5.78 Å². The fourth-order valence-corrected chi connectivity index (χ4v) is 0.542. The molecule has 1 unspecified atom stereocenters. The highest BCUT2D eigenvalue weighted by Gasteiger charge is 2.29. The van der Waals surface area contributed by atoms with Crippen LogP contribution in [0.2, 0.25) is 0 Å². The summed E-state index contributed by atoms with van der Waals surface area (Å²) < 4.78 is 4.50. The minimum absolute atomic E-state index is 0.0646. The van der Waals surface area contributed by atoms with Gasteiger partial charge in [-0.15, -0.1) is 0 Å². The first-order chi connectivity index (χ1) is 4.20. The first kappa shape index (κ1) is 6.22. The van der Waals surface area contributed by atoms with Crippen molar-refractivity contribution < 1.29 is 14.3 Å². The van der Waals surface area contributed by atoms with Crippen LogP contribution in [-0.4, -0.2) is 24.5 Å². The molecule has 50 valence electrons. The molecular weight excluding hydrogens is 122 g/mol. The number of hydrogen-bond donors (Lipinski definition) is 1. The number of hydrogen-bond acceptors (Lipinski definition) is 4. The lowest BCUT2D eigenvalue weighted by Crippen LogP contribution is -2.55. The molecule has 4 heteroatoms. The maximum Gasteiger partial charge on any atom is 0.304 e. The Morgan fingerprint density at radius 3 is 2.67 bits per heavy atom. The van der Waals surface area contributed by atoms with Gasteiger partial charge in [0.05, 0.1) is 6.54 Å². The second kappa shape index (κ2) is 2.14. The standard InChI is InChI=1S/C5H7NO3/c1-3(7)9-5-4(8)2-6-5/h5-6H,2H2,1H3. The Kier molecular flexibility index (Phi) is 1.48. The molecule has 0 radical (unpaired) electrons. The molecule has 0 aliphatic carbocycles. The molecule has 0 aromatic carbocycles. The van der Waals surface area contributed by atoms with Gasteiger partial charge in [-0.05, 0) is 0 Å². The Bertz CT molecular complexity index is 154. The quantitative estimate of drug-likeness (QED) is 0.464. The molecule has 1 fully saturated rings. The van der Waals surface area contributed by atoms with E-state index in [0.29, 0.717) is 6.54 Å². The van der Waals surface area contributed by atoms with Gasteiger partial charge < -0.3 is 4.74 Å². The topological polar surface area (TPSA) is 55.4 Å². The fourth-order valence-electron chi connectivity index (χ4n) is 0.542. The Labute approximate surface area is 52.2 Å². The van der Waals surface area contributed by atoms with Gasteiger partial charge in [-0.25, -0.2) is 0 Å². The molecule has 0 aromatic rings. The van der Waals surface area contributed by atoms with E-state index in [0.717, 1.165) is 0 Å². The zero-order valence-electron chi connectivity index (χ0n) is 5.01. The number of esters is 1. The molecule has 1 N–H and O–H groups in total. The van der Waals surface area contributed by atoms with Crippen molar-refractivity contribution in [2.24, 2.45) is 0 Å². The highest BCUT2D eigenvalue weighted by Crippen LogP contribution is 1.98. The van der Waals surface area contributed by atoms with E-state index in [4.69, 9.17) is 0 Å². The average molecular weight is 129 g/mol. The third kappa shape index (κ3) is 1.26. The smallest absolute Gasteiger partial charge is 0.304 e. The van der Waals surface area contributed by atoms with Crippen molar-refractivity contribution >= 4 is 11.8 Å². The van der Waals surface area contributed by atoms with Gasteiger partial charge in [-0.1, -0.05) is 0 Å². The summed E-state index contributed by atoms with van der Waals surface area (Å²) in [5.74, 6) is -0.495. The van der Waals surface area contributed by atoms with Crippen LogP contribution in [0.25, 0.3) is 0 Å². The molecule has 0 bridgehead atoms. The van der Waals surface area contributed by atoms with Gasteiger partial charge in [-0.3, -0.25) is 14.9 Å². The van der Waals surface area contributed by atoms with Crippen molar-refractivity contribution in [2.75, 3.05) is 6.54 Å². The molecule has 0 aromatic heterocycles. The summed E-state index contributed by atoms with van der Waals surface area (Å²) in [5, 5.41) is 2.63. The highest BCUT2D eigenvalue weighted by atomic mass is 16.6. The van der Waals surface area contributed by atoms with Crippen LogP contribution in [0.3, 0.4) is 0 Å². The zero-order valence-corrected chi connectivity index (χ0v) is 5.01. The van der Waals surface area contributed by atoms with E-state index in [1.165, 1.54) is 6.92 Å². The summed E-state index contributed by atoms with van der Waals surface area (Å²) in [4.78, 5) is 20.6. The lowest BCUT2D eigenvalue weighted by atomic mass is 10.2. The van der Waals surface area contributed by atoms with Gasteiger partial charge in [0.2, 0.25) is 12.0 Å². The molecular formula is C5H7NO3. The predicted molar refractivity (Wildman–Crippen MR) is 28.6 cm³/mol. The van der Waals surface area contributed by atoms with Crippen LogP contribution in [0.4, 0.5) is 0 Å². The summed E-state index contributed by atoms with van der Waals surface area (Å²) in [7, 11) is 0. The van der Waals surface area contributed by atoms with Crippen molar-refractivity contribution in [1.82, 2.24) is 5.32 Å². The molecule has 0 saturated carbocycles. The van der Waals surface area contributed by atoms with E-state index in [2.05, 4.69) is 10.1 Å². The summed E-state index contributed by atoms with van der Waals surface area (Å²) in [5.41, 5.74) is 0. The van der Waals surface area contributed by atoms with Crippen LogP contribution in [-0.2, 0) is 14.3 Å². The van der Waals surface area contributed by atoms with Crippen LogP contribution >= 0.6 is 0 Å². The summed E-state index contributed by atoms with van der Waals surface area (Å²) in [6.45, 7) is 1.59. The highest BCUT2D eigenvalue weighted by molar-refractivity contribution is 5.91. The molecule has 1 rings (SSSR count).